The summed E-state index contributed by atoms with van der Waals surface area (Å²) in [6.07, 6.45) is 1.98. The van der Waals surface area contributed by atoms with Crippen LogP contribution in [0.3, 0.4) is 0 Å². The van der Waals surface area contributed by atoms with Crippen molar-refractivity contribution in [2.45, 2.75) is 12.5 Å². The van der Waals surface area contributed by atoms with Crippen molar-refractivity contribution in [2.24, 2.45) is 5.73 Å². The van der Waals surface area contributed by atoms with Crippen LogP contribution in [0.25, 0.3) is 6.08 Å². The SMILES string of the molecule is NC(=O)C[C@@H](NC(=O)/C=C/c1cccc(Cl)c1Cl)C(=O)O. The fourth-order valence-electron chi connectivity index (χ4n) is 1.44. The molecule has 0 unspecified atom stereocenters. The van der Waals surface area contributed by atoms with Crippen molar-refractivity contribution >= 4 is 47.1 Å². The van der Waals surface area contributed by atoms with Crippen molar-refractivity contribution in [1.82, 2.24) is 5.32 Å². The number of hydrogen-bond acceptors (Lipinski definition) is 3. The van der Waals surface area contributed by atoms with E-state index in [0.717, 1.165) is 6.08 Å². The Morgan fingerprint density at radius 2 is 2.00 bits per heavy atom. The molecule has 1 atom stereocenters. The third-order valence-corrected chi connectivity index (χ3v) is 3.25. The maximum Gasteiger partial charge on any atom is 0.326 e. The van der Waals surface area contributed by atoms with Crippen LogP contribution in [0, 0.1) is 0 Å². The van der Waals surface area contributed by atoms with Gasteiger partial charge in [-0.05, 0) is 17.7 Å². The number of halogens is 2. The molecule has 0 aliphatic carbocycles. The van der Waals surface area contributed by atoms with E-state index in [9.17, 15) is 14.4 Å². The van der Waals surface area contributed by atoms with Gasteiger partial charge in [0, 0.05) is 6.08 Å². The highest BCUT2D eigenvalue weighted by molar-refractivity contribution is 6.42. The molecule has 0 fully saturated rings. The molecule has 8 heteroatoms. The number of primary amides is 1. The minimum atomic E-state index is -1.38. The second kappa shape index (κ2) is 7.66. The molecule has 112 valence electrons. The first-order valence-corrected chi connectivity index (χ1v) is 6.50. The molecule has 21 heavy (non-hydrogen) atoms. The number of carbonyl (C=O) groups is 3. The van der Waals surface area contributed by atoms with Crippen molar-refractivity contribution < 1.29 is 19.5 Å². The summed E-state index contributed by atoms with van der Waals surface area (Å²) >= 11 is 11.7. The van der Waals surface area contributed by atoms with Gasteiger partial charge in [-0.3, -0.25) is 9.59 Å². The van der Waals surface area contributed by atoms with E-state index in [2.05, 4.69) is 5.32 Å². The average molecular weight is 331 g/mol. The van der Waals surface area contributed by atoms with Crippen LogP contribution >= 0.6 is 23.2 Å². The first-order valence-electron chi connectivity index (χ1n) is 5.75. The highest BCUT2D eigenvalue weighted by atomic mass is 35.5. The van der Waals surface area contributed by atoms with Crippen LogP contribution in [0.4, 0.5) is 0 Å². The molecular weight excluding hydrogens is 319 g/mol. The first kappa shape index (κ1) is 17.0. The topological polar surface area (TPSA) is 109 Å². The molecule has 0 saturated carbocycles. The number of hydrogen-bond donors (Lipinski definition) is 3. The highest BCUT2D eigenvalue weighted by Gasteiger charge is 2.21. The van der Waals surface area contributed by atoms with Gasteiger partial charge in [-0.1, -0.05) is 35.3 Å². The lowest BCUT2D eigenvalue weighted by Gasteiger charge is -2.10. The van der Waals surface area contributed by atoms with E-state index >= 15 is 0 Å². The van der Waals surface area contributed by atoms with Gasteiger partial charge < -0.3 is 16.2 Å². The van der Waals surface area contributed by atoms with E-state index in [1.165, 1.54) is 6.08 Å². The summed E-state index contributed by atoms with van der Waals surface area (Å²) < 4.78 is 0. The Bertz CT molecular complexity index is 602. The maximum absolute atomic E-state index is 11.6. The smallest absolute Gasteiger partial charge is 0.326 e. The van der Waals surface area contributed by atoms with Crippen molar-refractivity contribution in [1.29, 1.82) is 0 Å². The monoisotopic (exact) mass is 330 g/mol. The molecule has 0 spiro atoms. The lowest BCUT2D eigenvalue weighted by Crippen LogP contribution is -2.42. The Balaban J connectivity index is 2.76. The average Bonchev–Trinajstić information content (AvgIpc) is 2.39. The van der Waals surface area contributed by atoms with E-state index in [0.29, 0.717) is 10.6 Å². The summed E-state index contributed by atoms with van der Waals surface area (Å²) in [6.45, 7) is 0. The van der Waals surface area contributed by atoms with Crippen molar-refractivity contribution in [3.8, 4) is 0 Å². The van der Waals surface area contributed by atoms with Gasteiger partial charge in [-0.15, -0.1) is 0 Å². The van der Waals surface area contributed by atoms with Gasteiger partial charge in [-0.25, -0.2) is 4.79 Å². The number of carboxylic acids is 1. The summed E-state index contributed by atoms with van der Waals surface area (Å²) in [7, 11) is 0. The Kier molecular flexibility index (Phi) is 6.20. The van der Waals surface area contributed by atoms with Gasteiger partial charge in [0.15, 0.2) is 0 Å². The van der Waals surface area contributed by atoms with Gasteiger partial charge in [0.25, 0.3) is 0 Å². The fourth-order valence-corrected chi connectivity index (χ4v) is 1.81. The van der Waals surface area contributed by atoms with Crippen LogP contribution in [-0.4, -0.2) is 28.9 Å². The van der Waals surface area contributed by atoms with Gasteiger partial charge in [0.2, 0.25) is 11.8 Å². The molecule has 0 radical (unpaired) electrons. The zero-order valence-corrected chi connectivity index (χ0v) is 12.2. The number of rotatable bonds is 6. The zero-order chi connectivity index (χ0) is 16.0. The third-order valence-electron chi connectivity index (χ3n) is 2.42. The van der Waals surface area contributed by atoms with E-state index in [4.69, 9.17) is 34.0 Å². The van der Waals surface area contributed by atoms with Crippen LogP contribution in [-0.2, 0) is 14.4 Å². The molecule has 0 heterocycles. The Labute approximate surface area is 130 Å². The summed E-state index contributed by atoms with van der Waals surface area (Å²) in [6, 6.07) is 3.50. The molecule has 0 aliphatic heterocycles. The summed E-state index contributed by atoms with van der Waals surface area (Å²) in [5.41, 5.74) is 5.41. The van der Waals surface area contributed by atoms with Gasteiger partial charge >= 0.3 is 5.97 Å². The molecule has 2 amide bonds. The van der Waals surface area contributed by atoms with Crippen molar-refractivity contribution in [2.75, 3.05) is 0 Å². The molecule has 6 nitrogen and oxygen atoms in total. The molecule has 0 aliphatic rings. The number of carboxylic acid groups (broad SMARTS) is 1. The first-order chi connectivity index (χ1) is 9.81. The lowest BCUT2D eigenvalue weighted by atomic mass is 10.2. The Morgan fingerprint density at radius 1 is 1.33 bits per heavy atom. The highest BCUT2D eigenvalue weighted by Crippen LogP contribution is 2.26. The largest absolute Gasteiger partial charge is 0.480 e. The number of nitrogens with two attached hydrogens (primary N) is 1. The van der Waals surface area contributed by atoms with E-state index < -0.39 is 30.2 Å². The summed E-state index contributed by atoms with van der Waals surface area (Å²) in [4.78, 5) is 33.2. The van der Waals surface area contributed by atoms with Crippen molar-refractivity contribution in [3.63, 3.8) is 0 Å². The minimum Gasteiger partial charge on any atom is -0.480 e. The van der Waals surface area contributed by atoms with E-state index in [-0.39, 0.29) is 5.02 Å². The summed E-state index contributed by atoms with van der Waals surface area (Å²) in [5.74, 6) is -2.87. The third kappa shape index (κ3) is 5.45. The van der Waals surface area contributed by atoms with E-state index in [1.807, 2.05) is 0 Å². The van der Waals surface area contributed by atoms with Gasteiger partial charge in [0.05, 0.1) is 16.5 Å². The molecule has 4 N–H and O–H groups in total. The fraction of sp³-hybridized carbons (Fsp3) is 0.154. The number of aliphatic carboxylic acids is 1. The van der Waals surface area contributed by atoms with Crippen molar-refractivity contribution in [3.05, 3.63) is 39.9 Å². The Morgan fingerprint density at radius 3 is 2.57 bits per heavy atom. The molecular formula is C13H12Cl2N2O4. The number of nitrogens with one attached hydrogen (secondary N) is 1. The van der Waals surface area contributed by atoms with Gasteiger partial charge in [0.1, 0.15) is 6.04 Å². The Hall–Kier alpha value is -2.05. The number of benzene rings is 1. The maximum atomic E-state index is 11.6. The van der Waals surface area contributed by atoms with Gasteiger partial charge in [-0.2, -0.15) is 0 Å². The molecule has 1 rings (SSSR count). The molecule has 0 saturated heterocycles. The standard InChI is InChI=1S/C13H12Cl2N2O4/c14-8-3-1-2-7(12(8)15)4-5-11(19)17-9(13(20)21)6-10(16)18/h1-5,9H,6H2,(H2,16,18)(H,17,19)(H,20,21)/b5-4+/t9-/m1/s1. The van der Waals surface area contributed by atoms with E-state index in [1.54, 1.807) is 18.2 Å². The predicted octanol–water partition coefficient (Wildman–Crippen LogP) is 1.45. The van der Waals surface area contributed by atoms with Crippen LogP contribution in [0.2, 0.25) is 10.0 Å². The number of carbonyl (C=O) groups excluding carboxylic acids is 2. The normalized spacial score (nSPS) is 12.1. The molecule has 0 bridgehead atoms. The summed E-state index contributed by atoms with van der Waals surface area (Å²) in [5, 5.41) is 11.6. The van der Waals surface area contributed by atoms with Crippen LogP contribution < -0.4 is 11.1 Å². The predicted molar refractivity (Wildman–Crippen MR) is 78.9 cm³/mol. The second-order valence-corrected chi connectivity index (χ2v) is 4.83. The molecule has 1 aromatic carbocycles. The van der Waals surface area contributed by atoms with Crippen LogP contribution in [0.15, 0.2) is 24.3 Å². The minimum absolute atomic E-state index is 0.273. The number of amides is 2. The van der Waals surface area contributed by atoms with Crippen LogP contribution in [0.5, 0.6) is 0 Å². The molecule has 0 aromatic heterocycles. The zero-order valence-electron chi connectivity index (χ0n) is 10.7. The molecule has 1 aromatic rings. The second-order valence-electron chi connectivity index (χ2n) is 4.05. The lowest BCUT2D eigenvalue weighted by molar-refractivity contribution is -0.142. The quantitative estimate of drug-likeness (QED) is 0.685. The van der Waals surface area contributed by atoms with Crippen LogP contribution in [0.1, 0.15) is 12.0 Å².